The van der Waals surface area contributed by atoms with Crippen LogP contribution in [-0.4, -0.2) is 15.5 Å². The molecule has 0 bridgehead atoms. The van der Waals surface area contributed by atoms with E-state index in [1.165, 1.54) is 0 Å². The molecule has 0 aromatic heterocycles. The van der Waals surface area contributed by atoms with Crippen LogP contribution in [0.2, 0.25) is 0 Å². The maximum atomic E-state index is 8.46. The molecule has 0 aromatic carbocycles. The van der Waals surface area contributed by atoms with Crippen LogP contribution in [0.15, 0.2) is 0 Å². The van der Waals surface area contributed by atoms with E-state index in [2.05, 4.69) is 0 Å². The maximum absolute atomic E-state index is 8.46. The number of rotatable bonds is 0. The molecule has 0 N–H and O–H groups in total. The molecule has 0 aliphatic heterocycles. The van der Waals surface area contributed by atoms with E-state index >= 15 is 0 Å². The Kier molecular flexibility index (Phi) is 124. The summed E-state index contributed by atoms with van der Waals surface area (Å²) in [5, 5.41) is 0. The zero-order chi connectivity index (χ0) is 2.71. The van der Waals surface area contributed by atoms with Crippen molar-refractivity contribution in [3.05, 3.63) is 0 Å². The van der Waals surface area contributed by atoms with Gasteiger partial charge in [-0.3, -0.25) is 0 Å². The summed E-state index contributed by atoms with van der Waals surface area (Å²) in [6.45, 7) is 0. The summed E-state index contributed by atoms with van der Waals surface area (Å²) < 4.78 is 16.9. The molecule has 0 aliphatic rings. The Balaban J connectivity index is -0.00000000667. The van der Waals surface area contributed by atoms with Crippen molar-refractivity contribution in [2.45, 2.75) is 0 Å². The Bertz CT molecular complexity index is 21.0. The van der Waals surface area contributed by atoms with Gasteiger partial charge in [-0.25, -0.2) is 0 Å². The van der Waals surface area contributed by atoms with Crippen LogP contribution in [0.1, 0.15) is 0 Å². The van der Waals surface area contributed by atoms with Crippen molar-refractivity contribution in [2.75, 3.05) is 0 Å². The standard InChI is InChI=1S/Al.Co.Li.Ni.2O/q;;+1;;;-1. The molecule has 2 nitrogen and oxygen atoms in total. The molecule has 0 saturated carbocycles. The summed E-state index contributed by atoms with van der Waals surface area (Å²) >= 11 is -1.75. The van der Waals surface area contributed by atoms with Crippen LogP contribution in [0.3, 0.4) is 0 Å². The summed E-state index contributed by atoms with van der Waals surface area (Å²) in [6, 6.07) is 0. The van der Waals surface area contributed by atoms with Crippen molar-refractivity contribution in [2.24, 2.45) is 0 Å². The third-order valence-electron chi connectivity index (χ3n) is 0. The van der Waals surface area contributed by atoms with Crippen LogP contribution < -0.4 is 23.0 Å². The fraction of sp³-hybridized carbons (Fsp3) is 0. The summed E-state index contributed by atoms with van der Waals surface area (Å²) in [7, 11) is 0. The minimum absolute atomic E-state index is 0. The second-order valence-corrected chi connectivity index (χ2v) is 0.289. The zero-order valence-corrected chi connectivity index (χ0v) is 6.23. The molecular weight excluding hydrogens is 184 g/mol. The minimum atomic E-state index is -1.75. The van der Waals surface area contributed by atoms with Gasteiger partial charge in [0.1, 0.15) is 0 Å². The quantitative estimate of drug-likeness (QED) is 0.354. The van der Waals surface area contributed by atoms with Gasteiger partial charge in [-0.05, 0) is 0 Å². The van der Waals surface area contributed by atoms with Gasteiger partial charge in [0, 0.05) is 33.3 Å². The normalized spacial score (nSPS) is 1.33. The van der Waals surface area contributed by atoms with Crippen molar-refractivity contribution in [3.8, 4) is 0 Å². The van der Waals surface area contributed by atoms with Crippen molar-refractivity contribution in [1.29, 1.82) is 0 Å². The van der Waals surface area contributed by atoms with Gasteiger partial charge >= 0.3 is 42.3 Å². The van der Waals surface area contributed by atoms with Crippen LogP contribution in [-0.2, 0) is 37.1 Å². The van der Waals surface area contributed by atoms with Gasteiger partial charge < -0.3 is 0 Å². The molecule has 0 fully saturated rings. The van der Waals surface area contributed by atoms with Gasteiger partial charge in [0.05, 0.1) is 0 Å². The summed E-state index contributed by atoms with van der Waals surface area (Å²) in [4.78, 5) is 0. The molecule has 0 aromatic rings. The molecule has 0 amide bonds. The molecule has 0 heterocycles. The van der Waals surface area contributed by atoms with Crippen LogP contribution in [0.25, 0.3) is 0 Å². The van der Waals surface area contributed by atoms with Crippen molar-refractivity contribution in [1.82, 2.24) is 0 Å². The summed E-state index contributed by atoms with van der Waals surface area (Å²) in [5.74, 6) is 0. The molecule has 35 valence electrons. The van der Waals surface area contributed by atoms with E-state index in [1.54, 1.807) is 0 Å². The first kappa shape index (κ1) is 25.2. The SMILES string of the molecule is [Co].[Li+].[Ni].[O]=[Al][O-]. The molecule has 0 unspecified atom stereocenters. The van der Waals surface area contributed by atoms with Gasteiger partial charge in [-0.1, -0.05) is 0 Å². The van der Waals surface area contributed by atoms with Crippen molar-refractivity contribution < 1.29 is 60.1 Å². The van der Waals surface area contributed by atoms with E-state index in [-0.39, 0.29) is 52.1 Å². The summed E-state index contributed by atoms with van der Waals surface area (Å²) in [5.41, 5.74) is 0. The average molecular weight is 184 g/mol. The average Bonchev–Trinajstić information content (AvgIpc) is 0.918. The molecule has 1 radical (unpaired) electrons. The third-order valence-corrected chi connectivity index (χ3v) is 0. The fourth-order valence-corrected chi connectivity index (χ4v) is 0. The van der Waals surface area contributed by atoms with Gasteiger partial charge in [-0.15, -0.1) is 0 Å². The number of hydrogen-bond donors (Lipinski definition) is 0. The van der Waals surface area contributed by atoms with Crippen LogP contribution in [0.5, 0.6) is 0 Å². The molecule has 0 saturated heterocycles. The fourth-order valence-electron chi connectivity index (χ4n) is 0. The Morgan fingerprint density at radius 2 is 1.50 bits per heavy atom. The molecule has 0 rings (SSSR count). The Labute approximate surface area is 75.0 Å². The second kappa shape index (κ2) is 29.6. The van der Waals surface area contributed by atoms with E-state index < -0.39 is 15.5 Å². The predicted molar refractivity (Wildman–Crippen MR) is 6.44 cm³/mol. The monoisotopic (exact) mass is 183 g/mol. The molecule has 0 aliphatic carbocycles. The molecule has 0 spiro atoms. The van der Waals surface area contributed by atoms with Gasteiger partial charge in [0.2, 0.25) is 0 Å². The van der Waals surface area contributed by atoms with Crippen molar-refractivity contribution in [3.63, 3.8) is 0 Å². The molecule has 6 heteroatoms. The molecule has 0 atom stereocenters. The van der Waals surface area contributed by atoms with E-state index in [9.17, 15) is 0 Å². The molecule has 6 heavy (non-hydrogen) atoms. The van der Waals surface area contributed by atoms with E-state index in [1.807, 2.05) is 0 Å². The van der Waals surface area contributed by atoms with Crippen molar-refractivity contribution >= 4 is 15.5 Å². The zero-order valence-electron chi connectivity index (χ0n) is 3.04. The predicted octanol–water partition coefficient (Wildman–Crippen LogP) is -4.69. The number of hydrogen-bond acceptors (Lipinski definition) is 2. The first-order valence-corrected chi connectivity index (χ1v) is 1.41. The first-order chi connectivity index (χ1) is 1.41. The Morgan fingerprint density at radius 1 is 1.50 bits per heavy atom. The third kappa shape index (κ3) is 42.8. The van der Waals surface area contributed by atoms with Crippen LogP contribution in [0.4, 0.5) is 0 Å². The van der Waals surface area contributed by atoms with E-state index in [4.69, 9.17) is 7.96 Å². The van der Waals surface area contributed by atoms with Crippen LogP contribution >= 0.6 is 0 Å². The van der Waals surface area contributed by atoms with Gasteiger partial charge in [0.15, 0.2) is 0 Å². The van der Waals surface area contributed by atoms with Gasteiger partial charge in [-0.2, -0.15) is 0 Å². The van der Waals surface area contributed by atoms with Gasteiger partial charge in [0.25, 0.3) is 0 Å². The first-order valence-electron chi connectivity index (χ1n) is 0.471. The Morgan fingerprint density at radius 3 is 1.50 bits per heavy atom. The van der Waals surface area contributed by atoms with Crippen LogP contribution in [0, 0.1) is 0 Å². The molecular formula is AlCoLiNiO2. The van der Waals surface area contributed by atoms with E-state index in [0.29, 0.717) is 0 Å². The summed E-state index contributed by atoms with van der Waals surface area (Å²) in [6.07, 6.45) is 0. The van der Waals surface area contributed by atoms with E-state index in [0.717, 1.165) is 0 Å². The topological polar surface area (TPSA) is 40.1 Å². The Hall–Kier alpha value is 1.73. The second-order valence-electron chi connectivity index (χ2n) is 0.0962.